The molecule has 1 aromatic heterocycles. The van der Waals surface area contributed by atoms with E-state index in [9.17, 15) is 9.59 Å². The molecule has 1 heterocycles. The van der Waals surface area contributed by atoms with Gasteiger partial charge in [0, 0.05) is 19.0 Å². The summed E-state index contributed by atoms with van der Waals surface area (Å²) in [4.78, 5) is 21.7. The number of aliphatic carboxylic acids is 1. The molecule has 0 spiro atoms. The lowest BCUT2D eigenvalue weighted by molar-refractivity contribution is -0.137. The summed E-state index contributed by atoms with van der Waals surface area (Å²) in [6, 6.07) is 1.35. The first-order valence-electron chi connectivity index (χ1n) is 5.71. The molecule has 1 unspecified atom stereocenters. The highest BCUT2D eigenvalue weighted by atomic mass is 16.5. The maximum Gasteiger partial charge on any atom is 0.315 e. The number of carboxylic acids is 1. The van der Waals surface area contributed by atoms with Crippen molar-refractivity contribution in [3.8, 4) is 0 Å². The second-order valence-corrected chi connectivity index (χ2v) is 4.08. The molecular weight excluding hydrogens is 238 g/mol. The minimum Gasteiger partial charge on any atom is -0.481 e. The number of aromatic nitrogens is 1. The smallest absolute Gasteiger partial charge is 0.315 e. The zero-order chi connectivity index (χ0) is 13.4. The summed E-state index contributed by atoms with van der Waals surface area (Å²) in [5, 5.41) is 17.3. The monoisotopic (exact) mass is 255 g/mol. The van der Waals surface area contributed by atoms with Gasteiger partial charge in [-0.3, -0.25) is 4.79 Å². The predicted molar refractivity (Wildman–Crippen MR) is 62.8 cm³/mol. The summed E-state index contributed by atoms with van der Waals surface area (Å²) in [7, 11) is 0. The first kappa shape index (κ1) is 14.0. The fourth-order valence-corrected chi connectivity index (χ4v) is 1.30. The molecule has 1 atom stereocenters. The van der Waals surface area contributed by atoms with Gasteiger partial charge in [0.25, 0.3) is 0 Å². The van der Waals surface area contributed by atoms with Gasteiger partial charge in [0.15, 0.2) is 5.76 Å². The molecule has 1 aromatic rings. The summed E-state index contributed by atoms with van der Waals surface area (Å²) >= 11 is 0. The van der Waals surface area contributed by atoms with Gasteiger partial charge in [-0.15, -0.1) is 0 Å². The van der Waals surface area contributed by atoms with Crippen LogP contribution in [0.3, 0.4) is 0 Å². The van der Waals surface area contributed by atoms with E-state index < -0.39 is 5.97 Å². The van der Waals surface area contributed by atoms with Gasteiger partial charge in [0.1, 0.15) is 0 Å². The maximum absolute atomic E-state index is 11.4. The van der Waals surface area contributed by atoms with Crippen LogP contribution in [0.15, 0.2) is 16.8 Å². The van der Waals surface area contributed by atoms with E-state index in [-0.39, 0.29) is 24.9 Å². The van der Waals surface area contributed by atoms with Crippen LogP contribution < -0.4 is 10.6 Å². The molecular formula is C11H17N3O4. The number of rotatable bonds is 7. The van der Waals surface area contributed by atoms with Crippen molar-refractivity contribution in [2.24, 2.45) is 5.92 Å². The molecule has 7 heteroatoms. The number of hydrogen-bond donors (Lipinski definition) is 3. The Bertz CT molecular complexity index is 378. The number of nitrogens with zero attached hydrogens (tertiary/aromatic N) is 1. The van der Waals surface area contributed by atoms with Gasteiger partial charge in [-0.1, -0.05) is 12.1 Å². The highest BCUT2D eigenvalue weighted by Crippen LogP contribution is 2.03. The third kappa shape index (κ3) is 5.88. The van der Waals surface area contributed by atoms with Gasteiger partial charge in [-0.25, -0.2) is 4.79 Å². The normalized spacial score (nSPS) is 11.8. The first-order chi connectivity index (χ1) is 8.58. The average Bonchev–Trinajstić information content (AvgIpc) is 2.84. The van der Waals surface area contributed by atoms with Crippen LogP contribution in [0.4, 0.5) is 4.79 Å². The summed E-state index contributed by atoms with van der Waals surface area (Å²) in [5.74, 6) is -0.127. The van der Waals surface area contributed by atoms with Crippen molar-refractivity contribution >= 4 is 12.0 Å². The van der Waals surface area contributed by atoms with Crippen molar-refractivity contribution in [3.63, 3.8) is 0 Å². The molecule has 0 aliphatic rings. The van der Waals surface area contributed by atoms with Gasteiger partial charge < -0.3 is 20.3 Å². The minimum absolute atomic E-state index is 0.114. The molecule has 7 nitrogen and oxygen atoms in total. The van der Waals surface area contributed by atoms with Crippen LogP contribution in [-0.4, -0.2) is 28.8 Å². The summed E-state index contributed by atoms with van der Waals surface area (Å²) in [6.07, 6.45) is 2.16. The van der Waals surface area contributed by atoms with Crippen LogP contribution in [0, 0.1) is 5.92 Å². The van der Waals surface area contributed by atoms with E-state index in [1.807, 2.05) is 6.92 Å². The maximum atomic E-state index is 11.4. The van der Waals surface area contributed by atoms with Crippen molar-refractivity contribution in [1.29, 1.82) is 0 Å². The molecule has 0 aliphatic heterocycles. The van der Waals surface area contributed by atoms with Gasteiger partial charge in [0.05, 0.1) is 12.7 Å². The van der Waals surface area contributed by atoms with Gasteiger partial charge >= 0.3 is 12.0 Å². The number of urea groups is 1. The molecule has 3 N–H and O–H groups in total. The fraction of sp³-hybridized carbons (Fsp3) is 0.545. The molecule has 100 valence electrons. The molecule has 2 amide bonds. The zero-order valence-electron chi connectivity index (χ0n) is 10.2. The van der Waals surface area contributed by atoms with E-state index in [0.29, 0.717) is 18.7 Å². The highest BCUT2D eigenvalue weighted by molar-refractivity contribution is 5.73. The first-order valence-corrected chi connectivity index (χ1v) is 5.71. The fourth-order valence-electron chi connectivity index (χ4n) is 1.30. The quantitative estimate of drug-likeness (QED) is 0.673. The van der Waals surface area contributed by atoms with E-state index >= 15 is 0 Å². The summed E-state index contributed by atoms with van der Waals surface area (Å²) in [6.45, 7) is 2.60. The van der Waals surface area contributed by atoms with E-state index in [1.54, 1.807) is 6.07 Å². The van der Waals surface area contributed by atoms with Crippen molar-refractivity contribution in [2.75, 3.05) is 6.54 Å². The Balaban J connectivity index is 2.11. The SMILES string of the molecule is CC(CCC(=O)O)CNC(=O)NCc1ccno1. The van der Waals surface area contributed by atoms with Crippen molar-refractivity contribution in [3.05, 3.63) is 18.0 Å². The molecule has 0 aliphatic carbocycles. The molecule has 18 heavy (non-hydrogen) atoms. The molecule has 0 bridgehead atoms. The van der Waals surface area contributed by atoms with Crippen LogP contribution in [0.25, 0.3) is 0 Å². The second-order valence-electron chi connectivity index (χ2n) is 4.08. The van der Waals surface area contributed by atoms with E-state index in [4.69, 9.17) is 9.63 Å². The van der Waals surface area contributed by atoms with Crippen LogP contribution in [0.2, 0.25) is 0 Å². The van der Waals surface area contributed by atoms with Crippen molar-refractivity contribution in [2.45, 2.75) is 26.3 Å². The van der Waals surface area contributed by atoms with E-state index in [1.165, 1.54) is 6.20 Å². The number of carboxylic acid groups (broad SMARTS) is 1. The third-order valence-corrected chi connectivity index (χ3v) is 2.38. The molecule has 0 aromatic carbocycles. The lowest BCUT2D eigenvalue weighted by Gasteiger charge is -2.11. The minimum atomic E-state index is -0.823. The van der Waals surface area contributed by atoms with Crippen LogP contribution in [0.5, 0.6) is 0 Å². The Morgan fingerprint density at radius 1 is 1.50 bits per heavy atom. The van der Waals surface area contributed by atoms with E-state index in [2.05, 4.69) is 15.8 Å². The Hall–Kier alpha value is -2.05. The van der Waals surface area contributed by atoms with Gasteiger partial charge in [-0.2, -0.15) is 0 Å². The predicted octanol–water partition coefficient (Wildman–Crippen LogP) is 0.975. The highest BCUT2D eigenvalue weighted by Gasteiger charge is 2.08. The van der Waals surface area contributed by atoms with Crippen LogP contribution >= 0.6 is 0 Å². The number of carbonyl (C=O) groups is 2. The molecule has 0 saturated carbocycles. The Morgan fingerprint density at radius 2 is 2.28 bits per heavy atom. The lowest BCUT2D eigenvalue weighted by atomic mass is 10.1. The Kier molecular flexibility index (Phi) is 5.69. The van der Waals surface area contributed by atoms with Crippen molar-refractivity contribution in [1.82, 2.24) is 15.8 Å². The number of amides is 2. The van der Waals surface area contributed by atoms with E-state index in [0.717, 1.165) is 0 Å². The molecule has 0 radical (unpaired) electrons. The summed E-state index contributed by atoms with van der Waals surface area (Å²) < 4.78 is 4.82. The molecule has 1 rings (SSSR count). The Labute approximate surface area is 105 Å². The van der Waals surface area contributed by atoms with Gasteiger partial charge in [0.2, 0.25) is 0 Å². The molecule has 0 fully saturated rings. The lowest BCUT2D eigenvalue weighted by Crippen LogP contribution is -2.37. The van der Waals surface area contributed by atoms with Gasteiger partial charge in [-0.05, 0) is 12.3 Å². The second kappa shape index (κ2) is 7.31. The topological polar surface area (TPSA) is 104 Å². The standard InChI is InChI=1S/C11H17N3O4/c1-8(2-3-10(15)16)6-12-11(17)13-7-9-4-5-14-18-9/h4-5,8H,2-3,6-7H2,1H3,(H,15,16)(H2,12,13,17). The summed E-state index contributed by atoms with van der Waals surface area (Å²) in [5.41, 5.74) is 0. The third-order valence-electron chi connectivity index (χ3n) is 2.38. The van der Waals surface area contributed by atoms with Crippen LogP contribution in [0.1, 0.15) is 25.5 Å². The number of hydrogen-bond acceptors (Lipinski definition) is 4. The molecule has 0 saturated heterocycles. The average molecular weight is 255 g/mol. The number of carbonyl (C=O) groups excluding carboxylic acids is 1. The van der Waals surface area contributed by atoms with Crippen LogP contribution in [-0.2, 0) is 11.3 Å². The zero-order valence-corrected chi connectivity index (χ0v) is 10.2. The van der Waals surface area contributed by atoms with Crippen molar-refractivity contribution < 1.29 is 19.2 Å². The largest absolute Gasteiger partial charge is 0.481 e. The Morgan fingerprint density at radius 3 is 2.89 bits per heavy atom. The number of nitrogens with one attached hydrogen (secondary N) is 2.